The number of rotatable bonds is 1. The molecule has 0 amide bonds. The van der Waals surface area contributed by atoms with Crippen LogP contribution in [0.1, 0.15) is 12.6 Å². The maximum Gasteiger partial charge on any atom is 0.0847 e. The number of aryl methyl sites for hydroxylation is 1. The number of hydrogen-bond donors (Lipinski definition) is 0. The van der Waals surface area contributed by atoms with E-state index in [9.17, 15) is 0 Å². The van der Waals surface area contributed by atoms with Gasteiger partial charge < -0.3 is 0 Å². The predicted molar refractivity (Wildman–Crippen MR) is 37.9 cm³/mol. The van der Waals surface area contributed by atoms with Gasteiger partial charge in [-0.3, -0.25) is 4.68 Å². The Hall–Kier alpha value is -1.05. The Kier molecular flexibility index (Phi) is 1.68. The molecular formula is C7H10N2. The molecule has 2 heteroatoms. The molecule has 1 aromatic heterocycles. The van der Waals surface area contributed by atoms with Crippen molar-refractivity contribution in [3.8, 4) is 0 Å². The summed E-state index contributed by atoms with van der Waals surface area (Å²) in [6.45, 7) is 1.98. The lowest BCUT2D eigenvalue weighted by Gasteiger charge is -1.81. The van der Waals surface area contributed by atoms with E-state index in [0.29, 0.717) is 0 Å². The van der Waals surface area contributed by atoms with E-state index in [4.69, 9.17) is 0 Å². The normalized spacial score (nSPS) is 10.9. The molecule has 2 nitrogen and oxygen atoms in total. The standard InChI is InChI=1S/C7H10N2/c1-3-4-7-5-6-9(2)8-7/h3-6H,1-2H3/b4-3+. The zero-order valence-corrected chi connectivity index (χ0v) is 5.70. The topological polar surface area (TPSA) is 17.8 Å². The number of allylic oxidation sites excluding steroid dienone is 1. The van der Waals surface area contributed by atoms with E-state index in [0.717, 1.165) is 5.69 Å². The molecule has 0 aliphatic rings. The summed E-state index contributed by atoms with van der Waals surface area (Å²) in [5.74, 6) is 0. The Morgan fingerprint density at radius 2 is 2.44 bits per heavy atom. The van der Waals surface area contributed by atoms with Crippen LogP contribution >= 0.6 is 0 Å². The molecule has 1 heterocycles. The van der Waals surface area contributed by atoms with Crippen molar-refractivity contribution in [2.75, 3.05) is 0 Å². The zero-order valence-electron chi connectivity index (χ0n) is 5.70. The molecule has 0 aliphatic carbocycles. The molecule has 0 spiro atoms. The Morgan fingerprint density at radius 1 is 1.67 bits per heavy atom. The Morgan fingerprint density at radius 3 is 2.89 bits per heavy atom. The van der Waals surface area contributed by atoms with Crippen LogP contribution in [0.2, 0.25) is 0 Å². The molecular weight excluding hydrogens is 112 g/mol. The molecule has 1 rings (SSSR count). The van der Waals surface area contributed by atoms with Crippen molar-refractivity contribution >= 4 is 6.08 Å². The fourth-order valence-electron chi connectivity index (χ4n) is 0.693. The van der Waals surface area contributed by atoms with E-state index in [2.05, 4.69) is 5.10 Å². The summed E-state index contributed by atoms with van der Waals surface area (Å²) >= 11 is 0. The summed E-state index contributed by atoms with van der Waals surface area (Å²) in [6, 6.07) is 1.97. The Balaban J connectivity index is 2.85. The first-order valence-corrected chi connectivity index (χ1v) is 2.95. The summed E-state index contributed by atoms with van der Waals surface area (Å²) in [5.41, 5.74) is 1.01. The highest BCUT2D eigenvalue weighted by molar-refractivity contribution is 5.42. The average molecular weight is 122 g/mol. The van der Waals surface area contributed by atoms with Crippen LogP contribution in [-0.4, -0.2) is 9.78 Å². The number of nitrogens with zero attached hydrogens (tertiary/aromatic N) is 2. The zero-order chi connectivity index (χ0) is 6.69. The molecule has 0 atom stereocenters. The molecule has 0 saturated heterocycles. The van der Waals surface area contributed by atoms with E-state index in [1.165, 1.54) is 0 Å². The van der Waals surface area contributed by atoms with Crippen molar-refractivity contribution < 1.29 is 0 Å². The second-order valence-electron chi connectivity index (χ2n) is 1.91. The summed E-state index contributed by atoms with van der Waals surface area (Å²) in [4.78, 5) is 0. The number of hydrogen-bond acceptors (Lipinski definition) is 1. The Bertz CT molecular complexity index is 210. The predicted octanol–water partition coefficient (Wildman–Crippen LogP) is 1.45. The van der Waals surface area contributed by atoms with E-state index in [1.807, 2.05) is 38.4 Å². The minimum Gasteiger partial charge on any atom is -0.275 e. The van der Waals surface area contributed by atoms with Gasteiger partial charge in [-0.1, -0.05) is 6.08 Å². The Labute approximate surface area is 54.8 Å². The van der Waals surface area contributed by atoms with Crippen molar-refractivity contribution in [1.82, 2.24) is 9.78 Å². The molecule has 0 radical (unpaired) electrons. The van der Waals surface area contributed by atoms with Crippen LogP contribution in [-0.2, 0) is 7.05 Å². The lowest BCUT2D eigenvalue weighted by atomic mass is 10.4. The first kappa shape index (κ1) is 6.08. The first-order chi connectivity index (χ1) is 4.33. The van der Waals surface area contributed by atoms with E-state index >= 15 is 0 Å². The quantitative estimate of drug-likeness (QED) is 0.551. The van der Waals surface area contributed by atoms with Crippen LogP contribution in [0.25, 0.3) is 6.08 Å². The molecule has 0 fully saturated rings. The fourth-order valence-corrected chi connectivity index (χ4v) is 0.693. The summed E-state index contributed by atoms with van der Waals surface area (Å²) in [5, 5.41) is 4.13. The van der Waals surface area contributed by atoms with Crippen molar-refractivity contribution in [3.05, 3.63) is 24.0 Å². The van der Waals surface area contributed by atoms with Crippen molar-refractivity contribution in [2.45, 2.75) is 6.92 Å². The maximum atomic E-state index is 4.13. The molecule has 0 bridgehead atoms. The van der Waals surface area contributed by atoms with Crippen LogP contribution < -0.4 is 0 Å². The van der Waals surface area contributed by atoms with Crippen LogP contribution in [0.15, 0.2) is 18.3 Å². The van der Waals surface area contributed by atoms with Gasteiger partial charge in [0.2, 0.25) is 0 Å². The minimum absolute atomic E-state index is 1.01. The average Bonchev–Trinajstić information content (AvgIpc) is 2.17. The molecule has 0 saturated carbocycles. The molecule has 1 aromatic rings. The van der Waals surface area contributed by atoms with Gasteiger partial charge in [0, 0.05) is 13.2 Å². The molecule has 0 N–H and O–H groups in total. The van der Waals surface area contributed by atoms with Crippen molar-refractivity contribution in [2.24, 2.45) is 7.05 Å². The van der Waals surface area contributed by atoms with Gasteiger partial charge in [0.1, 0.15) is 0 Å². The largest absolute Gasteiger partial charge is 0.275 e. The molecule has 0 aliphatic heterocycles. The summed E-state index contributed by atoms with van der Waals surface area (Å²) in [7, 11) is 1.91. The highest BCUT2D eigenvalue weighted by atomic mass is 15.2. The van der Waals surface area contributed by atoms with Crippen LogP contribution in [0.5, 0.6) is 0 Å². The summed E-state index contributed by atoms with van der Waals surface area (Å²) < 4.78 is 1.79. The molecule has 0 aromatic carbocycles. The monoisotopic (exact) mass is 122 g/mol. The van der Waals surface area contributed by atoms with Gasteiger partial charge in [0.05, 0.1) is 5.69 Å². The van der Waals surface area contributed by atoms with Gasteiger partial charge in [-0.15, -0.1) is 0 Å². The van der Waals surface area contributed by atoms with Gasteiger partial charge in [0.15, 0.2) is 0 Å². The number of aromatic nitrogens is 2. The van der Waals surface area contributed by atoms with Crippen LogP contribution in [0.4, 0.5) is 0 Å². The van der Waals surface area contributed by atoms with Gasteiger partial charge in [-0.05, 0) is 19.1 Å². The van der Waals surface area contributed by atoms with Gasteiger partial charge in [-0.25, -0.2) is 0 Å². The first-order valence-electron chi connectivity index (χ1n) is 2.95. The van der Waals surface area contributed by atoms with E-state index < -0.39 is 0 Å². The third-order valence-corrected chi connectivity index (χ3v) is 1.07. The third kappa shape index (κ3) is 1.42. The maximum absolute atomic E-state index is 4.13. The van der Waals surface area contributed by atoms with E-state index in [1.54, 1.807) is 4.68 Å². The van der Waals surface area contributed by atoms with Crippen LogP contribution in [0.3, 0.4) is 0 Å². The lowest BCUT2D eigenvalue weighted by molar-refractivity contribution is 0.764. The van der Waals surface area contributed by atoms with Gasteiger partial charge in [-0.2, -0.15) is 5.10 Å². The van der Waals surface area contributed by atoms with Crippen LogP contribution in [0, 0.1) is 0 Å². The van der Waals surface area contributed by atoms with Gasteiger partial charge in [0.25, 0.3) is 0 Å². The minimum atomic E-state index is 1.01. The molecule has 0 unspecified atom stereocenters. The van der Waals surface area contributed by atoms with Crippen molar-refractivity contribution in [1.29, 1.82) is 0 Å². The van der Waals surface area contributed by atoms with Crippen molar-refractivity contribution in [3.63, 3.8) is 0 Å². The second-order valence-corrected chi connectivity index (χ2v) is 1.91. The van der Waals surface area contributed by atoms with E-state index in [-0.39, 0.29) is 0 Å². The SMILES string of the molecule is C/C=C/c1ccn(C)n1. The molecule has 9 heavy (non-hydrogen) atoms. The lowest BCUT2D eigenvalue weighted by Crippen LogP contribution is -1.86. The highest BCUT2D eigenvalue weighted by Crippen LogP contribution is 1.95. The van der Waals surface area contributed by atoms with Gasteiger partial charge >= 0.3 is 0 Å². The fraction of sp³-hybridized carbons (Fsp3) is 0.286. The summed E-state index contributed by atoms with van der Waals surface area (Å²) in [6.07, 6.45) is 5.87. The molecule has 48 valence electrons. The third-order valence-electron chi connectivity index (χ3n) is 1.07. The second kappa shape index (κ2) is 2.49. The highest BCUT2D eigenvalue weighted by Gasteiger charge is 1.86. The smallest absolute Gasteiger partial charge is 0.0847 e.